The topological polar surface area (TPSA) is 49.9 Å². The Bertz CT molecular complexity index is 691. The molecule has 2 heterocycles. The van der Waals surface area contributed by atoms with Gasteiger partial charge in [-0.25, -0.2) is 8.42 Å². The summed E-state index contributed by atoms with van der Waals surface area (Å²) in [5.41, 5.74) is 0. The fourth-order valence-electron chi connectivity index (χ4n) is 3.44. The highest BCUT2D eigenvalue weighted by Crippen LogP contribution is 2.30. The molecule has 3 rings (SSSR count). The van der Waals surface area contributed by atoms with E-state index < -0.39 is 10.0 Å². The van der Waals surface area contributed by atoms with E-state index in [4.69, 9.17) is 4.74 Å². The number of ether oxygens (including phenoxy) is 1. The number of piperidine rings is 1. The molecule has 5 nitrogen and oxygen atoms in total. The Kier molecular flexibility index (Phi) is 6.04. The van der Waals surface area contributed by atoms with E-state index >= 15 is 0 Å². The average Bonchev–Trinajstić information content (AvgIpc) is 2.57. The first-order chi connectivity index (χ1) is 11.4. The summed E-state index contributed by atoms with van der Waals surface area (Å²) in [6, 6.07) is 5.71. The number of nitrogens with zero attached hydrogens (tertiary/aromatic N) is 2. The van der Waals surface area contributed by atoms with Crippen LogP contribution in [0.4, 0.5) is 0 Å². The van der Waals surface area contributed by atoms with E-state index in [9.17, 15) is 8.42 Å². The molecule has 0 radical (unpaired) electrons. The van der Waals surface area contributed by atoms with Crippen molar-refractivity contribution in [3.8, 4) is 0 Å². The average molecular weight is 482 g/mol. The molecule has 0 amide bonds. The van der Waals surface area contributed by atoms with Crippen LogP contribution >= 0.6 is 31.9 Å². The van der Waals surface area contributed by atoms with E-state index in [1.165, 1.54) is 0 Å². The number of morpholine rings is 1. The summed E-state index contributed by atoms with van der Waals surface area (Å²) in [6.45, 7) is 5.88. The third-order valence-electron chi connectivity index (χ3n) is 4.72. The molecule has 8 heteroatoms. The smallest absolute Gasteiger partial charge is 0.244 e. The maximum absolute atomic E-state index is 12.9. The fraction of sp³-hybridized carbons (Fsp3) is 0.625. The molecule has 24 heavy (non-hydrogen) atoms. The lowest BCUT2D eigenvalue weighted by Crippen LogP contribution is -2.51. The second-order valence-corrected chi connectivity index (χ2v) is 10.1. The van der Waals surface area contributed by atoms with Crippen LogP contribution in [0.25, 0.3) is 0 Å². The molecule has 0 bridgehead atoms. The van der Waals surface area contributed by atoms with Crippen LogP contribution in [0.15, 0.2) is 32.0 Å². The zero-order chi connectivity index (χ0) is 17.3. The highest BCUT2D eigenvalue weighted by atomic mass is 79.9. The van der Waals surface area contributed by atoms with Gasteiger partial charge in [-0.3, -0.25) is 4.90 Å². The lowest BCUT2D eigenvalue weighted by atomic mass is 10.0. The molecule has 0 N–H and O–H groups in total. The van der Waals surface area contributed by atoms with E-state index in [-0.39, 0.29) is 6.10 Å². The van der Waals surface area contributed by atoms with E-state index in [2.05, 4.69) is 43.7 Å². The minimum Gasteiger partial charge on any atom is -0.376 e. The molecule has 2 fully saturated rings. The summed E-state index contributed by atoms with van der Waals surface area (Å²) < 4.78 is 34.5. The number of benzene rings is 1. The maximum Gasteiger partial charge on any atom is 0.244 e. The molecule has 0 saturated carbocycles. The first-order valence-electron chi connectivity index (χ1n) is 8.19. The van der Waals surface area contributed by atoms with Crippen molar-refractivity contribution in [1.29, 1.82) is 0 Å². The predicted octanol–water partition coefficient (Wildman–Crippen LogP) is 3.09. The Morgan fingerprint density at radius 2 is 1.88 bits per heavy atom. The first kappa shape index (κ1) is 18.8. The van der Waals surface area contributed by atoms with Gasteiger partial charge in [0.25, 0.3) is 0 Å². The Balaban J connectivity index is 1.68. The summed E-state index contributed by atoms with van der Waals surface area (Å²) in [6.07, 6.45) is 2.01. The first-order valence-corrected chi connectivity index (χ1v) is 11.2. The summed E-state index contributed by atoms with van der Waals surface area (Å²) in [5, 5.41) is 0. The zero-order valence-electron chi connectivity index (χ0n) is 13.6. The van der Waals surface area contributed by atoms with Crippen molar-refractivity contribution in [2.45, 2.75) is 36.8 Å². The summed E-state index contributed by atoms with van der Waals surface area (Å²) >= 11 is 6.72. The van der Waals surface area contributed by atoms with Crippen LogP contribution in [0, 0.1) is 0 Å². The molecular formula is C16H22Br2N2O3S. The van der Waals surface area contributed by atoms with Gasteiger partial charge in [-0.2, -0.15) is 4.31 Å². The monoisotopic (exact) mass is 480 g/mol. The van der Waals surface area contributed by atoms with Crippen LogP contribution in [-0.2, 0) is 14.8 Å². The van der Waals surface area contributed by atoms with Gasteiger partial charge in [-0.15, -0.1) is 0 Å². The fourth-order valence-corrected chi connectivity index (χ4v) is 6.37. The zero-order valence-corrected chi connectivity index (χ0v) is 17.6. The Morgan fingerprint density at radius 3 is 2.54 bits per heavy atom. The van der Waals surface area contributed by atoms with E-state index in [0.717, 1.165) is 37.0 Å². The third kappa shape index (κ3) is 4.04. The van der Waals surface area contributed by atoms with Crippen LogP contribution in [0.2, 0.25) is 0 Å². The lowest BCUT2D eigenvalue weighted by Gasteiger charge is -2.41. The molecule has 134 valence electrons. The standard InChI is InChI=1S/C16H22Br2N2O3S/c1-12-11-19(8-9-23-12)14-4-6-20(7-5-14)24(21,22)16-10-13(17)2-3-15(16)18/h2-3,10,12,14H,4-9,11H2,1H3. The second-order valence-electron chi connectivity index (χ2n) is 6.39. The van der Waals surface area contributed by atoms with Crippen molar-refractivity contribution in [2.24, 2.45) is 0 Å². The van der Waals surface area contributed by atoms with E-state index in [1.54, 1.807) is 16.4 Å². The molecule has 2 saturated heterocycles. The molecule has 1 unspecified atom stereocenters. The number of rotatable bonds is 3. The predicted molar refractivity (Wildman–Crippen MR) is 101 cm³/mol. The molecule has 2 aliphatic heterocycles. The number of hydrogen-bond donors (Lipinski definition) is 0. The van der Waals surface area contributed by atoms with Gasteiger partial charge >= 0.3 is 0 Å². The van der Waals surface area contributed by atoms with Crippen molar-refractivity contribution in [2.75, 3.05) is 32.8 Å². The van der Waals surface area contributed by atoms with Gasteiger partial charge in [-0.05, 0) is 53.9 Å². The molecular weight excluding hydrogens is 460 g/mol. The molecule has 0 aromatic heterocycles. The summed E-state index contributed by atoms with van der Waals surface area (Å²) in [5.74, 6) is 0. The quantitative estimate of drug-likeness (QED) is 0.665. The summed E-state index contributed by atoms with van der Waals surface area (Å²) in [7, 11) is -3.47. The van der Waals surface area contributed by atoms with E-state index in [0.29, 0.717) is 28.5 Å². The van der Waals surface area contributed by atoms with Crippen molar-refractivity contribution in [1.82, 2.24) is 9.21 Å². The van der Waals surface area contributed by atoms with Gasteiger partial charge in [-0.1, -0.05) is 15.9 Å². The Hall–Kier alpha value is 0.01000. The van der Waals surface area contributed by atoms with Crippen LogP contribution in [0.3, 0.4) is 0 Å². The molecule has 2 aliphatic rings. The summed E-state index contributed by atoms with van der Waals surface area (Å²) in [4.78, 5) is 2.78. The van der Waals surface area contributed by atoms with E-state index in [1.807, 2.05) is 6.07 Å². The van der Waals surface area contributed by atoms with Gasteiger partial charge < -0.3 is 4.74 Å². The lowest BCUT2D eigenvalue weighted by molar-refractivity contribution is -0.0406. The van der Waals surface area contributed by atoms with Gasteiger partial charge in [0.15, 0.2) is 0 Å². The van der Waals surface area contributed by atoms with Crippen LogP contribution in [-0.4, -0.2) is 62.6 Å². The van der Waals surface area contributed by atoms with Gasteiger partial charge in [0.2, 0.25) is 10.0 Å². The molecule has 0 spiro atoms. The highest BCUT2D eigenvalue weighted by Gasteiger charge is 2.33. The number of sulfonamides is 1. The van der Waals surface area contributed by atoms with Gasteiger partial charge in [0.1, 0.15) is 0 Å². The van der Waals surface area contributed by atoms with Crippen LogP contribution in [0.1, 0.15) is 19.8 Å². The molecule has 0 aliphatic carbocycles. The van der Waals surface area contributed by atoms with Crippen molar-refractivity contribution in [3.05, 3.63) is 27.1 Å². The number of halogens is 2. The Labute approximate surface area is 160 Å². The van der Waals surface area contributed by atoms with Crippen LogP contribution < -0.4 is 0 Å². The highest BCUT2D eigenvalue weighted by molar-refractivity contribution is 9.11. The van der Waals surface area contributed by atoms with Gasteiger partial charge in [0, 0.05) is 41.2 Å². The third-order valence-corrected chi connectivity index (χ3v) is 8.11. The van der Waals surface area contributed by atoms with Crippen molar-refractivity contribution in [3.63, 3.8) is 0 Å². The Morgan fingerprint density at radius 1 is 1.17 bits per heavy atom. The minimum atomic E-state index is -3.47. The molecule has 1 atom stereocenters. The minimum absolute atomic E-state index is 0.262. The molecule has 1 aromatic carbocycles. The SMILES string of the molecule is CC1CN(C2CCN(S(=O)(=O)c3cc(Br)ccc3Br)CC2)CCO1. The van der Waals surface area contributed by atoms with Crippen molar-refractivity contribution >= 4 is 41.9 Å². The second kappa shape index (κ2) is 7.72. The largest absolute Gasteiger partial charge is 0.376 e. The number of hydrogen-bond acceptors (Lipinski definition) is 4. The van der Waals surface area contributed by atoms with Gasteiger partial charge in [0.05, 0.1) is 17.6 Å². The molecule has 1 aromatic rings. The van der Waals surface area contributed by atoms with Crippen molar-refractivity contribution < 1.29 is 13.2 Å². The normalized spacial score (nSPS) is 25.0. The maximum atomic E-state index is 12.9. The van der Waals surface area contributed by atoms with Crippen LogP contribution in [0.5, 0.6) is 0 Å².